The normalized spacial score (nSPS) is 12.6. The van der Waals surface area contributed by atoms with Crippen LogP contribution in [0.5, 0.6) is 5.88 Å². The van der Waals surface area contributed by atoms with Gasteiger partial charge in [-0.2, -0.15) is 0 Å². The quantitative estimate of drug-likeness (QED) is 0.860. The van der Waals surface area contributed by atoms with Crippen LogP contribution in [0.1, 0.15) is 6.92 Å². The number of pyridine rings is 1. The number of hydrogen-bond acceptors (Lipinski definition) is 3. The molecule has 0 aliphatic carbocycles. The topological polar surface area (TPSA) is 42.4 Å². The Kier molecular flexibility index (Phi) is 3.49. The smallest absolute Gasteiger partial charge is 0.228 e. The predicted molar refractivity (Wildman–Crippen MR) is 49.1 cm³/mol. The fourth-order valence-electron chi connectivity index (χ4n) is 0.686. The molecule has 66 valence electrons. The predicted octanol–water partition coefficient (Wildman–Crippen LogP) is 1.60. The molecule has 0 amide bonds. The van der Waals surface area contributed by atoms with E-state index in [9.17, 15) is 0 Å². The summed E-state index contributed by atoms with van der Waals surface area (Å²) in [5, 5.41) is 8.72. The molecular formula is C8H10BrNO2. The third-order valence-corrected chi connectivity index (χ3v) is 1.90. The molecular weight excluding hydrogens is 222 g/mol. The van der Waals surface area contributed by atoms with Crippen molar-refractivity contribution in [3.05, 3.63) is 22.8 Å². The molecule has 1 rings (SSSR count). The summed E-state index contributed by atoms with van der Waals surface area (Å²) >= 11 is 3.28. The van der Waals surface area contributed by atoms with E-state index in [1.54, 1.807) is 19.2 Å². The van der Waals surface area contributed by atoms with Gasteiger partial charge in [-0.1, -0.05) is 0 Å². The van der Waals surface area contributed by atoms with Gasteiger partial charge in [-0.15, -0.1) is 0 Å². The highest BCUT2D eigenvalue weighted by Gasteiger charge is 2.05. The van der Waals surface area contributed by atoms with Gasteiger partial charge in [0.1, 0.15) is 6.10 Å². The lowest BCUT2D eigenvalue weighted by molar-refractivity contribution is 0.124. The zero-order valence-corrected chi connectivity index (χ0v) is 8.28. The Labute approximate surface area is 79.5 Å². The van der Waals surface area contributed by atoms with Crippen LogP contribution in [0.2, 0.25) is 0 Å². The van der Waals surface area contributed by atoms with Crippen molar-refractivity contribution in [3.63, 3.8) is 0 Å². The molecule has 0 bridgehead atoms. The summed E-state index contributed by atoms with van der Waals surface area (Å²) in [7, 11) is 0. The number of rotatable bonds is 3. The van der Waals surface area contributed by atoms with Crippen molar-refractivity contribution < 1.29 is 9.84 Å². The molecule has 12 heavy (non-hydrogen) atoms. The highest BCUT2D eigenvalue weighted by Crippen LogP contribution is 2.21. The number of aliphatic hydroxyl groups excluding tert-OH is 1. The van der Waals surface area contributed by atoms with Crippen LogP contribution in [-0.2, 0) is 0 Å². The molecule has 1 aromatic rings. The van der Waals surface area contributed by atoms with Gasteiger partial charge in [-0.25, -0.2) is 4.98 Å². The second-order valence-electron chi connectivity index (χ2n) is 2.40. The first-order valence-corrected chi connectivity index (χ1v) is 4.41. The van der Waals surface area contributed by atoms with E-state index in [0.717, 1.165) is 4.47 Å². The molecule has 1 heterocycles. The molecule has 0 fully saturated rings. The third kappa shape index (κ3) is 2.46. The van der Waals surface area contributed by atoms with Gasteiger partial charge in [0.25, 0.3) is 0 Å². The largest absolute Gasteiger partial charge is 0.471 e. The molecule has 0 radical (unpaired) electrons. The van der Waals surface area contributed by atoms with Gasteiger partial charge in [-0.05, 0) is 35.0 Å². The summed E-state index contributed by atoms with van der Waals surface area (Å²) < 4.78 is 6.08. The molecule has 0 spiro atoms. The molecule has 0 aliphatic rings. The lowest BCUT2D eigenvalue weighted by Gasteiger charge is -2.11. The Bertz CT molecular complexity index is 255. The fourth-order valence-corrected chi connectivity index (χ4v) is 1.03. The number of aliphatic hydroxyl groups is 1. The Morgan fingerprint density at radius 3 is 3.08 bits per heavy atom. The molecule has 0 saturated heterocycles. The number of nitrogens with zero attached hydrogens (tertiary/aromatic N) is 1. The first-order valence-electron chi connectivity index (χ1n) is 3.62. The van der Waals surface area contributed by atoms with E-state index in [1.165, 1.54) is 0 Å². The summed E-state index contributed by atoms with van der Waals surface area (Å²) in [6.45, 7) is 1.77. The average Bonchev–Trinajstić information content (AvgIpc) is 2.09. The highest BCUT2D eigenvalue weighted by molar-refractivity contribution is 9.10. The lowest BCUT2D eigenvalue weighted by atomic mass is 10.4. The van der Waals surface area contributed by atoms with Gasteiger partial charge < -0.3 is 9.84 Å². The monoisotopic (exact) mass is 231 g/mol. The van der Waals surface area contributed by atoms with E-state index in [1.807, 2.05) is 6.07 Å². The molecule has 1 atom stereocenters. The van der Waals surface area contributed by atoms with Gasteiger partial charge >= 0.3 is 0 Å². The van der Waals surface area contributed by atoms with E-state index in [2.05, 4.69) is 20.9 Å². The first-order chi connectivity index (χ1) is 5.74. The molecule has 0 aromatic carbocycles. The van der Waals surface area contributed by atoms with Crippen molar-refractivity contribution in [3.8, 4) is 5.88 Å². The van der Waals surface area contributed by atoms with Crippen LogP contribution < -0.4 is 4.74 Å². The van der Waals surface area contributed by atoms with E-state index < -0.39 is 0 Å². The zero-order valence-electron chi connectivity index (χ0n) is 6.70. The molecule has 0 saturated carbocycles. The lowest BCUT2D eigenvalue weighted by Crippen LogP contribution is -2.17. The summed E-state index contributed by atoms with van der Waals surface area (Å²) in [4.78, 5) is 3.99. The van der Waals surface area contributed by atoms with Gasteiger partial charge in [0, 0.05) is 6.20 Å². The van der Waals surface area contributed by atoms with Crippen molar-refractivity contribution in [1.29, 1.82) is 0 Å². The zero-order chi connectivity index (χ0) is 8.97. The van der Waals surface area contributed by atoms with Gasteiger partial charge in [0.2, 0.25) is 5.88 Å². The fraction of sp³-hybridized carbons (Fsp3) is 0.375. The van der Waals surface area contributed by atoms with E-state index in [4.69, 9.17) is 9.84 Å². The second-order valence-corrected chi connectivity index (χ2v) is 3.26. The third-order valence-electron chi connectivity index (χ3n) is 1.29. The van der Waals surface area contributed by atoms with Crippen LogP contribution in [0.4, 0.5) is 0 Å². The second kappa shape index (κ2) is 4.42. The number of halogens is 1. The maximum atomic E-state index is 8.72. The number of ether oxygens (including phenoxy) is 1. The standard InChI is InChI=1S/C8H10BrNO2/c1-6(5-11)12-8-7(9)3-2-4-10-8/h2-4,6,11H,5H2,1H3/t6-/m0/s1. The minimum atomic E-state index is -0.226. The molecule has 0 unspecified atom stereocenters. The Hall–Kier alpha value is -0.610. The highest BCUT2D eigenvalue weighted by atomic mass is 79.9. The number of hydrogen-bond donors (Lipinski definition) is 1. The summed E-state index contributed by atoms with van der Waals surface area (Å²) in [5.41, 5.74) is 0. The average molecular weight is 232 g/mol. The van der Waals surface area contributed by atoms with Gasteiger partial charge in [-0.3, -0.25) is 0 Å². The summed E-state index contributed by atoms with van der Waals surface area (Å²) in [6.07, 6.45) is 1.42. The van der Waals surface area contributed by atoms with Gasteiger partial charge in [0.05, 0.1) is 11.1 Å². The van der Waals surface area contributed by atoms with Crippen LogP contribution in [0.15, 0.2) is 22.8 Å². The van der Waals surface area contributed by atoms with Crippen molar-refractivity contribution in [2.45, 2.75) is 13.0 Å². The molecule has 1 aromatic heterocycles. The number of aromatic nitrogens is 1. The molecule has 3 nitrogen and oxygen atoms in total. The summed E-state index contributed by atoms with van der Waals surface area (Å²) in [5.74, 6) is 0.513. The van der Waals surface area contributed by atoms with Crippen LogP contribution in [0, 0.1) is 0 Å². The van der Waals surface area contributed by atoms with Crippen molar-refractivity contribution in [1.82, 2.24) is 4.98 Å². The van der Waals surface area contributed by atoms with Crippen molar-refractivity contribution in [2.24, 2.45) is 0 Å². The minimum absolute atomic E-state index is 0.0109. The molecule has 0 aliphatic heterocycles. The van der Waals surface area contributed by atoms with Crippen LogP contribution >= 0.6 is 15.9 Å². The minimum Gasteiger partial charge on any atom is -0.471 e. The molecule has 4 heteroatoms. The Balaban J connectivity index is 2.69. The van der Waals surface area contributed by atoms with Crippen LogP contribution in [-0.4, -0.2) is 22.8 Å². The Morgan fingerprint density at radius 2 is 2.50 bits per heavy atom. The van der Waals surface area contributed by atoms with E-state index in [0.29, 0.717) is 5.88 Å². The summed E-state index contributed by atoms with van der Waals surface area (Å²) in [6, 6.07) is 3.65. The van der Waals surface area contributed by atoms with E-state index in [-0.39, 0.29) is 12.7 Å². The SMILES string of the molecule is C[C@@H](CO)Oc1ncccc1Br. The van der Waals surface area contributed by atoms with Crippen molar-refractivity contribution >= 4 is 15.9 Å². The molecule has 1 N–H and O–H groups in total. The van der Waals surface area contributed by atoms with Crippen LogP contribution in [0.3, 0.4) is 0 Å². The Morgan fingerprint density at radius 1 is 1.75 bits per heavy atom. The first kappa shape index (κ1) is 9.48. The van der Waals surface area contributed by atoms with Crippen molar-refractivity contribution in [2.75, 3.05) is 6.61 Å². The van der Waals surface area contributed by atoms with Gasteiger partial charge in [0.15, 0.2) is 0 Å². The van der Waals surface area contributed by atoms with E-state index >= 15 is 0 Å². The maximum Gasteiger partial charge on any atom is 0.228 e. The maximum absolute atomic E-state index is 8.72. The van der Waals surface area contributed by atoms with Crippen LogP contribution in [0.25, 0.3) is 0 Å².